The van der Waals surface area contributed by atoms with Gasteiger partial charge in [-0.1, -0.05) is 13.0 Å². The first-order valence-corrected chi connectivity index (χ1v) is 6.61. The lowest BCUT2D eigenvalue weighted by Crippen LogP contribution is -2.22. The first-order chi connectivity index (χ1) is 8.65. The fourth-order valence-electron chi connectivity index (χ4n) is 2.30. The predicted octanol–water partition coefficient (Wildman–Crippen LogP) is 3.01. The van der Waals surface area contributed by atoms with E-state index < -0.39 is 0 Å². The molecule has 1 aliphatic carbocycles. The van der Waals surface area contributed by atoms with E-state index in [1.54, 1.807) is 14.2 Å². The molecule has 1 aliphatic rings. The highest BCUT2D eigenvalue weighted by molar-refractivity contribution is 5.42. The minimum atomic E-state index is 0.304. The maximum atomic E-state index is 5.43. The van der Waals surface area contributed by atoms with Crippen molar-refractivity contribution in [3.63, 3.8) is 0 Å². The molecule has 3 atom stereocenters. The van der Waals surface area contributed by atoms with Gasteiger partial charge in [-0.25, -0.2) is 0 Å². The van der Waals surface area contributed by atoms with Gasteiger partial charge in [0.2, 0.25) is 0 Å². The zero-order valence-electron chi connectivity index (χ0n) is 11.7. The number of rotatable bonds is 6. The Kier molecular flexibility index (Phi) is 4.12. The highest BCUT2D eigenvalue weighted by atomic mass is 16.5. The van der Waals surface area contributed by atoms with Gasteiger partial charge in [0.15, 0.2) is 0 Å². The lowest BCUT2D eigenvalue weighted by molar-refractivity contribution is 0.385. The lowest BCUT2D eigenvalue weighted by Gasteiger charge is -2.18. The van der Waals surface area contributed by atoms with Crippen LogP contribution in [0.2, 0.25) is 0 Å². The summed E-state index contributed by atoms with van der Waals surface area (Å²) < 4.78 is 10.6. The van der Waals surface area contributed by atoms with E-state index in [0.717, 1.165) is 29.9 Å². The van der Waals surface area contributed by atoms with E-state index in [9.17, 15) is 0 Å². The Morgan fingerprint density at radius 2 is 2.06 bits per heavy atom. The van der Waals surface area contributed by atoms with Gasteiger partial charge in [-0.05, 0) is 37.8 Å². The van der Waals surface area contributed by atoms with Gasteiger partial charge in [0.05, 0.1) is 14.2 Å². The summed E-state index contributed by atoms with van der Waals surface area (Å²) in [5.41, 5.74) is 1.19. The van der Waals surface area contributed by atoms with Crippen LogP contribution in [-0.4, -0.2) is 20.8 Å². The fraction of sp³-hybridized carbons (Fsp3) is 0.600. The van der Waals surface area contributed by atoms with Gasteiger partial charge in [0.1, 0.15) is 11.5 Å². The van der Waals surface area contributed by atoms with Crippen LogP contribution in [0.4, 0.5) is 0 Å². The molecule has 0 spiro atoms. The average molecular weight is 249 g/mol. The van der Waals surface area contributed by atoms with E-state index in [2.05, 4.69) is 25.2 Å². The molecular formula is C15H23NO2. The van der Waals surface area contributed by atoms with Crippen molar-refractivity contribution in [2.24, 2.45) is 11.8 Å². The van der Waals surface area contributed by atoms with Gasteiger partial charge >= 0.3 is 0 Å². The average Bonchev–Trinajstić information content (AvgIpc) is 3.11. The van der Waals surface area contributed by atoms with Crippen molar-refractivity contribution in [1.29, 1.82) is 0 Å². The van der Waals surface area contributed by atoms with Gasteiger partial charge in [-0.3, -0.25) is 0 Å². The van der Waals surface area contributed by atoms with Crippen LogP contribution in [0, 0.1) is 11.8 Å². The molecule has 0 heterocycles. The van der Waals surface area contributed by atoms with E-state index >= 15 is 0 Å². The van der Waals surface area contributed by atoms with Crippen LogP contribution in [0.3, 0.4) is 0 Å². The fourth-order valence-corrected chi connectivity index (χ4v) is 2.30. The van der Waals surface area contributed by atoms with Crippen LogP contribution in [0.1, 0.15) is 31.9 Å². The van der Waals surface area contributed by atoms with E-state index in [0.29, 0.717) is 6.04 Å². The summed E-state index contributed by atoms with van der Waals surface area (Å²) in [6.45, 7) is 5.58. The molecule has 1 saturated carbocycles. The highest BCUT2D eigenvalue weighted by Crippen LogP contribution is 2.37. The minimum absolute atomic E-state index is 0.304. The maximum absolute atomic E-state index is 5.43. The molecule has 1 fully saturated rings. The van der Waals surface area contributed by atoms with Crippen molar-refractivity contribution in [3.8, 4) is 11.5 Å². The highest BCUT2D eigenvalue weighted by Gasteiger charge is 2.32. The van der Waals surface area contributed by atoms with Crippen molar-refractivity contribution >= 4 is 0 Å². The molecule has 100 valence electrons. The molecule has 1 N–H and O–H groups in total. The summed E-state index contributed by atoms with van der Waals surface area (Å²) in [6, 6.07) is 6.30. The van der Waals surface area contributed by atoms with Gasteiger partial charge < -0.3 is 14.8 Å². The number of nitrogens with one attached hydrogen (secondary N) is 1. The van der Waals surface area contributed by atoms with Crippen molar-refractivity contribution in [1.82, 2.24) is 5.32 Å². The summed E-state index contributed by atoms with van der Waals surface area (Å²) in [7, 11) is 3.37. The summed E-state index contributed by atoms with van der Waals surface area (Å²) >= 11 is 0. The molecule has 3 heteroatoms. The third kappa shape index (κ3) is 2.96. The number of hydrogen-bond donors (Lipinski definition) is 1. The topological polar surface area (TPSA) is 30.5 Å². The molecule has 1 aromatic rings. The molecule has 0 aromatic heterocycles. The molecule has 0 saturated heterocycles. The van der Waals surface area contributed by atoms with Gasteiger partial charge in [0.25, 0.3) is 0 Å². The second kappa shape index (κ2) is 5.61. The number of ether oxygens (including phenoxy) is 2. The van der Waals surface area contributed by atoms with Gasteiger partial charge in [-0.15, -0.1) is 0 Å². The van der Waals surface area contributed by atoms with E-state index in [-0.39, 0.29) is 0 Å². The van der Waals surface area contributed by atoms with Crippen molar-refractivity contribution in [3.05, 3.63) is 23.8 Å². The SMILES string of the molecule is COc1ccc(C(C)NCC2CC2C)c(OC)c1. The van der Waals surface area contributed by atoms with E-state index in [1.165, 1.54) is 12.0 Å². The first kappa shape index (κ1) is 13.2. The number of methoxy groups -OCH3 is 2. The summed E-state index contributed by atoms with van der Waals surface area (Å²) in [6.07, 6.45) is 1.36. The minimum Gasteiger partial charge on any atom is -0.497 e. The quantitative estimate of drug-likeness (QED) is 0.840. The zero-order valence-corrected chi connectivity index (χ0v) is 11.7. The third-order valence-corrected chi connectivity index (χ3v) is 3.87. The van der Waals surface area contributed by atoms with Crippen molar-refractivity contribution < 1.29 is 9.47 Å². The predicted molar refractivity (Wildman–Crippen MR) is 73.2 cm³/mol. The van der Waals surface area contributed by atoms with E-state index in [1.807, 2.05) is 12.1 Å². The summed E-state index contributed by atoms with van der Waals surface area (Å²) in [4.78, 5) is 0. The van der Waals surface area contributed by atoms with Gasteiger partial charge in [-0.2, -0.15) is 0 Å². The Labute approximate surface area is 109 Å². The van der Waals surface area contributed by atoms with E-state index in [4.69, 9.17) is 9.47 Å². The first-order valence-electron chi connectivity index (χ1n) is 6.61. The number of benzene rings is 1. The standard InChI is InChI=1S/C15H23NO2/c1-10-7-12(10)9-16-11(2)14-6-5-13(17-3)8-15(14)18-4/h5-6,8,10-12,16H,7,9H2,1-4H3. The lowest BCUT2D eigenvalue weighted by atomic mass is 10.1. The molecular weight excluding hydrogens is 226 g/mol. The Balaban J connectivity index is 2.01. The third-order valence-electron chi connectivity index (χ3n) is 3.87. The molecule has 3 unspecified atom stereocenters. The van der Waals surface area contributed by atoms with Crippen LogP contribution in [0.15, 0.2) is 18.2 Å². The molecule has 0 bridgehead atoms. The zero-order chi connectivity index (χ0) is 13.1. The molecule has 2 rings (SSSR count). The smallest absolute Gasteiger partial charge is 0.127 e. The van der Waals surface area contributed by atoms with Crippen LogP contribution in [0.5, 0.6) is 11.5 Å². The van der Waals surface area contributed by atoms with Crippen LogP contribution < -0.4 is 14.8 Å². The molecule has 18 heavy (non-hydrogen) atoms. The number of hydrogen-bond acceptors (Lipinski definition) is 3. The molecule has 1 aromatic carbocycles. The van der Waals surface area contributed by atoms with Crippen LogP contribution >= 0.6 is 0 Å². The Morgan fingerprint density at radius 1 is 1.33 bits per heavy atom. The molecule has 0 aliphatic heterocycles. The van der Waals surface area contributed by atoms with Gasteiger partial charge in [0, 0.05) is 17.7 Å². The monoisotopic (exact) mass is 249 g/mol. The summed E-state index contributed by atoms with van der Waals surface area (Å²) in [5, 5.41) is 3.58. The molecule has 0 radical (unpaired) electrons. The second-order valence-corrected chi connectivity index (χ2v) is 5.21. The second-order valence-electron chi connectivity index (χ2n) is 5.21. The molecule has 3 nitrogen and oxygen atoms in total. The van der Waals surface area contributed by atoms with Crippen molar-refractivity contribution in [2.75, 3.05) is 20.8 Å². The van der Waals surface area contributed by atoms with Crippen LogP contribution in [-0.2, 0) is 0 Å². The molecule has 0 amide bonds. The van der Waals surface area contributed by atoms with Crippen LogP contribution in [0.25, 0.3) is 0 Å². The Morgan fingerprint density at radius 3 is 2.61 bits per heavy atom. The summed E-state index contributed by atoms with van der Waals surface area (Å²) in [5.74, 6) is 3.47. The largest absolute Gasteiger partial charge is 0.497 e. The Bertz CT molecular complexity index is 405. The Hall–Kier alpha value is -1.22. The van der Waals surface area contributed by atoms with Crippen molar-refractivity contribution in [2.45, 2.75) is 26.3 Å². The maximum Gasteiger partial charge on any atom is 0.127 e. The normalized spacial score (nSPS) is 23.6.